The molecule has 134 valence electrons. The van der Waals surface area contributed by atoms with E-state index in [4.69, 9.17) is 0 Å². The monoisotopic (exact) mass is 350 g/mol. The second kappa shape index (κ2) is 6.67. The summed E-state index contributed by atoms with van der Waals surface area (Å²) in [5, 5.41) is 9.66. The molecule has 1 N–H and O–H groups in total. The van der Waals surface area contributed by atoms with Crippen LogP contribution in [0.4, 0.5) is 19.0 Å². The molecule has 0 amide bonds. The molecule has 1 aromatic carbocycles. The summed E-state index contributed by atoms with van der Waals surface area (Å²) < 4.78 is 39.4. The number of benzene rings is 1. The Labute approximate surface area is 145 Å². The van der Waals surface area contributed by atoms with Crippen LogP contribution in [-0.4, -0.2) is 29.8 Å². The lowest BCUT2D eigenvalue weighted by molar-refractivity contribution is -0.137. The van der Waals surface area contributed by atoms with Crippen LogP contribution < -0.4 is 4.90 Å². The van der Waals surface area contributed by atoms with Crippen LogP contribution in [-0.2, 0) is 6.18 Å². The van der Waals surface area contributed by atoms with Gasteiger partial charge in [-0.05, 0) is 24.5 Å². The minimum atomic E-state index is -4.43. The fraction of sp³-hybridized carbons (Fsp3) is 0.421. The highest BCUT2D eigenvalue weighted by Crippen LogP contribution is 2.38. The molecule has 1 aliphatic heterocycles. The number of halogens is 3. The lowest BCUT2D eigenvalue weighted by Crippen LogP contribution is -2.44. The molecule has 0 bridgehead atoms. The topological polar surface area (TPSA) is 36.4 Å². The Bertz CT molecular complexity index is 733. The van der Waals surface area contributed by atoms with E-state index in [1.54, 1.807) is 24.3 Å². The molecule has 1 saturated heterocycles. The minimum Gasteiger partial charge on any atom is -0.396 e. The molecule has 0 spiro atoms. The molecule has 1 unspecified atom stereocenters. The van der Waals surface area contributed by atoms with Gasteiger partial charge in [-0.25, -0.2) is 4.98 Å². The molecule has 1 fully saturated rings. The van der Waals surface area contributed by atoms with Crippen molar-refractivity contribution in [3.8, 4) is 11.1 Å². The van der Waals surface area contributed by atoms with Crippen molar-refractivity contribution in [2.75, 3.05) is 24.6 Å². The molecular weight excluding hydrogens is 329 g/mol. The normalized spacial score (nSPS) is 21.4. The van der Waals surface area contributed by atoms with Gasteiger partial charge in [0.25, 0.3) is 0 Å². The number of aliphatic hydroxyl groups is 1. The number of alkyl halides is 3. The van der Waals surface area contributed by atoms with E-state index < -0.39 is 11.7 Å². The van der Waals surface area contributed by atoms with Gasteiger partial charge in [0, 0.05) is 30.3 Å². The molecule has 3 nitrogen and oxygen atoms in total. The fourth-order valence-corrected chi connectivity index (χ4v) is 3.32. The zero-order valence-electron chi connectivity index (χ0n) is 14.1. The van der Waals surface area contributed by atoms with Crippen molar-refractivity contribution in [2.45, 2.75) is 25.9 Å². The van der Waals surface area contributed by atoms with Gasteiger partial charge in [0.1, 0.15) is 5.82 Å². The smallest absolute Gasteiger partial charge is 0.396 e. The zero-order valence-corrected chi connectivity index (χ0v) is 14.1. The summed E-state index contributed by atoms with van der Waals surface area (Å²) in [6.07, 6.45) is -1.78. The molecule has 0 saturated carbocycles. The van der Waals surface area contributed by atoms with Crippen molar-refractivity contribution in [3.63, 3.8) is 0 Å². The average Bonchev–Trinajstić information content (AvgIpc) is 2.61. The SMILES string of the molecule is CC1(CO)CCCN(c2ncc(C(F)(F)F)cc2-c2ccccc2)C1. The first-order chi connectivity index (χ1) is 11.8. The molecule has 0 radical (unpaired) electrons. The number of rotatable bonds is 3. The summed E-state index contributed by atoms with van der Waals surface area (Å²) in [4.78, 5) is 6.16. The molecule has 1 atom stereocenters. The van der Waals surface area contributed by atoms with Crippen molar-refractivity contribution in [3.05, 3.63) is 48.2 Å². The number of aromatic nitrogens is 1. The second-order valence-corrected chi connectivity index (χ2v) is 6.95. The second-order valence-electron chi connectivity index (χ2n) is 6.95. The van der Waals surface area contributed by atoms with Crippen LogP contribution in [0, 0.1) is 5.41 Å². The van der Waals surface area contributed by atoms with E-state index in [-0.39, 0.29) is 12.0 Å². The van der Waals surface area contributed by atoms with Crippen LogP contribution in [0.2, 0.25) is 0 Å². The molecule has 2 aromatic rings. The lowest BCUT2D eigenvalue weighted by Gasteiger charge is -2.40. The summed E-state index contributed by atoms with van der Waals surface area (Å²) >= 11 is 0. The summed E-state index contributed by atoms with van der Waals surface area (Å²) in [6, 6.07) is 10.2. The van der Waals surface area contributed by atoms with Crippen molar-refractivity contribution >= 4 is 5.82 Å². The highest BCUT2D eigenvalue weighted by Gasteiger charge is 2.35. The van der Waals surface area contributed by atoms with E-state index in [2.05, 4.69) is 4.98 Å². The van der Waals surface area contributed by atoms with Crippen LogP contribution >= 0.6 is 0 Å². The molecule has 2 heterocycles. The number of pyridine rings is 1. The van der Waals surface area contributed by atoms with E-state index in [0.29, 0.717) is 30.0 Å². The van der Waals surface area contributed by atoms with Gasteiger partial charge in [-0.3, -0.25) is 0 Å². The van der Waals surface area contributed by atoms with Gasteiger partial charge in [0.2, 0.25) is 0 Å². The maximum atomic E-state index is 13.1. The lowest BCUT2D eigenvalue weighted by atomic mass is 9.82. The Morgan fingerprint density at radius 1 is 1.24 bits per heavy atom. The molecule has 1 aromatic heterocycles. The maximum absolute atomic E-state index is 13.1. The van der Waals surface area contributed by atoms with Gasteiger partial charge in [-0.2, -0.15) is 13.2 Å². The van der Waals surface area contributed by atoms with Crippen LogP contribution in [0.1, 0.15) is 25.3 Å². The summed E-state index contributed by atoms with van der Waals surface area (Å²) in [5.41, 5.74) is 0.151. The molecular formula is C19H21F3N2O. The third-order valence-electron chi connectivity index (χ3n) is 4.74. The van der Waals surface area contributed by atoms with Crippen molar-refractivity contribution in [2.24, 2.45) is 5.41 Å². The third kappa shape index (κ3) is 3.79. The van der Waals surface area contributed by atoms with Gasteiger partial charge < -0.3 is 10.0 Å². The first kappa shape index (κ1) is 17.7. The number of hydrogen-bond donors (Lipinski definition) is 1. The van der Waals surface area contributed by atoms with E-state index in [9.17, 15) is 18.3 Å². The first-order valence-electron chi connectivity index (χ1n) is 8.31. The zero-order chi connectivity index (χ0) is 18.1. The number of nitrogens with zero attached hydrogens (tertiary/aromatic N) is 2. The van der Waals surface area contributed by atoms with Crippen LogP contribution in [0.3, 0.4) is 0 Å². The van der Waals surface area contributed by atoms with Crippen LogP contribution in [0.5, 0.6) is 0 Å². The van der Waals surface area contributed by atoms with Crippen LogP contribution in [0.15, 0.2) is 42.6 Å². The first-order valence-corrected chi connectivity index (χ1v) is 8.31. The Balaban J connectivity index is 2.07. The molecule has 25 heavy (non-hydrogen) atoms. The van der Waals surface area contributed by atoms with Crippen molar-refractivity contribution in [1.29, 1.82) is 0 Å². The molecule has 3 rings (SSSR count). The Kier molecular flexibility index (Phi) is 4.73. The highest BCUT2D eigenvalue weighted by atomic mass is 19.4. The van der Waals surface area contributed by atoms with Gasteiger partial charge >= 0.3 is 6.18 Å². The van der Waals surface area contributed by atoms with E-state index in [1.165, 1.54) is 6.07 Å². The number of piperidine rings is 1. The fourth-order valence-electron chi connectivity index (χ4n) is 3.32. The predicted molar refractivity (Wildman–Crippen MR) is 91.3 cm³/mol. The van der Waals surface area contributed by atoms with Gasteiger partial charge in [-0.15, -0.1) is 0 Å². The average molecular weight is 350 g/mol. The molecule has 0 aliphatic carbocycles. The Morgan fingerprint density at radius 3 is 2.60 bits per heavy atom. The minimum absolute atomic E-state index is 0.0464. The van der Waals surface area contributed by atoms with Gasteiger partial charge in [-0.1, -0.05) is 37.3 Å². The standard InChI is InChI=1S/C19H21F3N2O/c1-18(13-25)8-5-9-24(12-18)17-16(14-6-3-2-4-7-14)10-15(11-23-17)19(20,21)22/h2-4,6-7,10-11,25H,5,8-9,12-13H2,1H3. The largest absolute Gasteiger partial charge is 0.417 e. The Hall–Kier alpha value is -2.08. The number of hydrogen-bond acceptors (Lipinski definition) is 3. The van der Waals surface area contributed by atoms with E-state index in [0.717, 1.165) is 19.0 Å². The third-order valence-corrected chi connectivity index (χ3v) is 4.74. The van der Waals surface area contributed by atoms with Crippen LogP contribution in [0.25, 0.3) is 11.1 Å². The summed E-state index contributed by atoms with van der Waals surface area (Å²) in [6.45, 7) is 3.33. The quantitative estimate of drug-likeness (QED) is 0.893. The van der Waals surface area contributed by atoms with Gasteiger partial charge in [0.15, 0.2) is 0 Å². The summed E-state index contributed by atoms with van der Waals surface area (Å²) in [5.74, 6) is 0.540. The summed E-state index contributed by atoms with van der Waals surface area (Å²) in [7, 11) is 0. The maximum Gasteiger partial charge on any atom is 0.417 e. The van der Waals surface area contributed by atoms with Gasteiger partial charge in [0.05, 0.1) is 12.2 Å². The number of anilines is 1. The van der Waals surface area contributed by atoms with Crippen molar-refractivity contribution < 1.29 is 18.3 Å². The van der Waals surface area contributed by atoms with E-state index in [1.807, 2.05) is 17.9 Å². The molecule has 1 aliphatic rings. The highest BCUT2D eigenvalue weighted by molar-refractivity contribution is 5.76. The van der Waals surface area contributed by atoms with E-state index >= 15 is 0 Å². The predicted octanol–water partition coefficient (Wildman–Crippen LogP) is 4.37. The molecule has 6 heteroatoms. The Morgan fingerprint density at radius 2 is 1.96 bits per heavy atom. The van der Waals surface area contributed by atoms with Crippen molar-refractivity contribution in [1.82, 2.24) is 4.98 Å². The number of aliphatic hydroxyl groups excluding tert-OH is 1.